The van der Waals surface area contributed by atoms with Crippen LogP contribution in [0.3, 0.4) is 0 Å². The van der Waals surface area contributed by atoms with E-state index in [4.69, 9.17) is 10.8 Å². The van der Waals surface area contributed by atoms with Gasteiger partial charge in [-0.3, -0.25) is 4.79 Å². The molecule has 2 heterocycles. The maximum Gasteiger partial charge on any atom is 0.274 e. The van der Waals surface area contributed by atoms with Crippen LogP contribution in [0.25, 0.3) is 5.69 Å². The number of aromatic nitrogens is 2. The maximum atomic E-state index is 13.0. The SMILES string of the molecule is Cc1ccccc1-n1nc(C(=O)N2CCC(CN)C2)c2c1CCC2. The van der Waals surface area contributed by atoms with E-state index >= 15 is 0 Å². The van der Waals surface area contributed by atoms with Gasteiger partial charge in [-0.25, -0.2) is 4.68 Å². The summed E-state index contributed by atoms with van der Waals surface area (Å²) in [5.41, 5.74) is 11.0. The lowest BCUT2D eigenvalue weighted by Crippen LogP contribution is -2.30. The van der Waals surface area contributed by atoms with Crippen molar-refractivity contribution in [3.8, 4) is 5.69 Å². The van der Waals surface area contributed by atoms with E-state index < -0.39 is 0 Å². The Bertz CT molecular complexity index is 780. The molecule has 0 bridgehead atoms. The minimum atomic E-state index is 0.0800. The van der Waals surface area contributed by atoms with Crippen LogP contribution in [0.1, 0.15) is 40.2 Å². The highest BCUT2D eigenvalue weighted by Gasteiger charge is 2.32. The quantitative estimate of drug-likeness (QED) is 0.940. The highest BCUT2D eigenvalue weighted by molar-refractivity contribution is 5.94. The van der Waals surface area contributed by atoms with Crippen LogP contribution >= 0.6 is 0 Å². The molecule has 2 aliphatic rings. The number of hydrogen-bond donors (Lipinski definition) is 1. The van der Waals surface area contributed by atoms with Gasteiger partial charge in [0.25, 0.3) is 5.91 Å². The van der Waals surface area contributed by atoms with E-state index in [-0.39, 0.29) is 5.91 Å². The van der Waals surface area contributed by atoms with Crippen LogP contribution in [0.2, 0.25) is 0 Å². The standard InChI is InChI=1S/C19H24N4O/c1-13-5-2-3-7-16(13)23-17-8-4-6-15(17)18(21-23)19(24)22-10-9-14(11-20)12-22/h2-3,5,7,14H,4,6,8-12,20H2,1H3. The van der Waals surface area contributed by atoms with Gasteiger partial charge in [-0.05, 0) is 56.7 Å². The molecule has 1 aliphatic heterocycles. The average Bonchev–Trinajstić information content (AvgIpc) is 3.31. The van der Waals surface area contributed by atoms with E-state index in [0.29, 0.717) is 18.2 Å². The van der Waals surface area contributed by atoms with E-state index in [0.717, 1.165) is 50.0 Å². The number of amides is 1. The Balaban J connectivity index is 1.72. The third-order valence-corrected chi connectivity index (χ3v) is 5.38. The molecule has 5 heteroatoms. The van der Waals surface area contributed by atoms with Crippen molar-refractivity contribution < 1.29 is 4.79 Å². The summed E-state index contributed by atoms with van der Waals surface area (Å²) in [4.78, 5) is 14.9. The number of benzene rings is 1. The minimum Gasteiger partial charge on any atom is -0.337 e. The van der Waals surface area contributed by atoms with Crippen LogP contribution in [0.5, 0.6) is 0 Å². The summed E-state index contributed by atoms with van der Waals surface area (Å²) in [6, 6.07) is 8.23. The fourth-order valence-corrected chi connectivity index (χ4v) is 3.97. The Morgan fingerprint density at radius 1 is 1.33 bits per heavy atom. The molecule has 1 aliphatic carbocycles. The van der Waals surface area contributed by atoms with Crippen LogP contribution in [-0.4, -0.2) is 40.2 Å². The van der Waals surface area contributed by atoms with Crippen molar-refractivity contribution in [2.75, 3.05) is 19.6 Å². The first-order valence-corrected chi connectivity index (χ1v) is 8.85. The number of fused-ring (bicyclic) bond motifs is 1. The van der Waals surface area contributed by atoms with Gasteiger partial charge in [-0.15, -0.1) is 0 Å². The second kappa shape index (κ2) is 6.06. The van der Waals surface area contributed by atoms with Crippen LogP contribution in [0, 0.1) is 12.8 Å². The molecule has 1 amide bonds. The number of nitrogens with two attached hydrogens (primary N) is 1. The van der Waals surface area contributed by atoms with Crippen LogP contribution in [-0.2, 0) is 12.8 Å². The third kappa shape index (κ3) is 2.44. The van der Waals surface area contributed by atoms with Crippen molar-refractivity contribution >= 4 is 5.91 Å². The molecular weight excluding hydrogens is 300 g/mol. The van der Waals surface area contributed by atoms with Crippen molar-refractivity contribution in [2.24, 2.45) is 11.7 Å². The average molecular weight is 324 g/mol. The number of nitrogens with zero attached hydrogens (tertiary/aromatic N) is 3. The normalized spacial score (nSPS) is 19.8. The van der Waals surface area contributed by atoms with Gasteiger partial charge in [0.1, 0.15) is 0 Å². The molecule has 0 radical (unpaired) electrons. The summed E-state index contributed by atoms with van der Waals surface area (Å²) in [7, 11) is 0. The van der Waals surface area contributed by atoms with Gasteiger partial charge in [-0.2, -0.15) is 5.10 Å². The van der Waals surface area contributed by atoms with E-state index in [9.17, 15) is 4.79 Å². The second-order valence-electron chi connectivity index (χ2n) is 6.97. The Morgan fingerprint density at radius 3 is 2.92 bits per heavy atom. The Kier molecular flexibility index (Phi) is 3.88. The summed E-state index contributed by atoms with van der Waals surface area (Å²) >= 11 is 0. The van der Waals surface area contributed by atoms with Crippen molar-refractivity contribution in [1.29, 1.82) is 0 Å². The zero-order chi connectivity index (χ0) is 16.7. The summed E-state index contributed by atoms with van der Waals surface area (Å²) in [6.07, 6.45) is 4.06. The lowest BCUT2D eigenvalue weighted by Gasteiger charge is -2.15. The van der Waals surface area contributed by atoms with Crippen molar-refractivity contribution in [3.63, 3.8) is 0 Å². The molecule has 2 N–H and O–H groups in total. The molecule has 0 spiro atoms. The lowest BCUT2D eigenvalue weighted by atomic mass is 10.1. The summed E-state index contributed by atoms with van der Waals surface area (Å²) < 4.78 is 2.00. The van der Waals surface area contributed by atoms with Crippen molar-refractivity contribution in [1.82, 2.24) is 14.7 Å². The van der Waals surface area contributed by atoms with Crippen LogP contribution in [0.15, 0.2) is 24.3 Å². The molecule has 2 aromatic rings. The molecule has 1 atom stereocenters. The molecule has 1 fully saturated rings. The first kappa shape index (κ1) is 15.4. The van der Waals surface area contributed by atoms with Crippen molar-refractivity contribution in [3.05, 3.63) is 46.8 Å². The highest BCUT2D eigenvalue weighted by Crippen LogP contribution is 2.30. The monoisotopic (exact) mass is 324 g/mol. The number of carbonyl (C=O) groups is 1. The van der Waals surface area contributed by atoms with Gasteiger partial charge in [0, 0.05) is 24.3 Å². The molecule has 1 aromatic heterocycles. The van der Waals surface area contributed by atoms with Gasteiger partial charge in [-0.1, -0.05) is 18.2 Å². The van der Waals surface area contributed by atoms with E-state index in [1.807, 2.05) is 21.7 Å². The maximum absolute atomic E-state index is 13.0. The van der Waals surface area contributed by atoms with Crippen LogP contribution < -0.4 is 5.73 Å². The fourth-order valence-electron chi connectivity index (χ4n) is 3.97. The highest BCUT2D eigenvalue weighted by atomic mass is 16.2. The molecule has 0 saturated carbocycles. The molecule has 1 aromatic carbocycles. The molecule has 4 rings (SSSR count). The van der Waals surface area contributed by atoms with Gasteiger partial charge in [0.2, 0.25) is 0 Å². The number of likely N-dealkylation sites (tertiary alicyclic amines) is 1. The van der Waals surface area contributed by atoms with E-state index in [1.165, 1.54) is 11.3 Å². The zero-order valence-corrected chi connectivity index (χ0v) is 14.2. The van der Waals surface area contributed by atoms with E-state index in [1.54, 1.807) is 0 Å². The second-order valence-corrected chi connectivity index (χ2v) is 6.97. The Morgan fingerprint density at radius 2 is 2.17 bits per heavy atom. The Hall–Kier alpha value is -2.14. The topological polar surface area (TPSA) is 64.2 Å². The summed E-state index contributed by atoms with van der Waals surface area (Å²) in [5.74, 6) is 0.511. The Labute approximate surface area is 142 Å². The lowest BCUT2D eigenvalue weighted by molar-refractivity contribution is 0.0780. The predicted octanol–water partition coefficient (Wildman–Crippen LogP) is 2.09. The molecule has 1 unspecified atom stereocenters. The first-order valence-electron chi connectivity index (χ1n) is 8.85. The van der Waals surface area contributed by atoms with Crippen LogP contribution in [0.4, 0.5) is 0 Å². The number of carbonyl (C=O) groups excluding carboxylic acids is 1. The molecule has 126 valence electrons. The molecule has 5 nitrogen and oxygen atoms in total. The predicted molar refractivity (Wildman–Crippen MR) is 93.4 cm³/mol. The molecule has 24 heavy (non-hydrogen) atoms. The first-order chi connectivity index (χ1) is 11.7. The number of aryl methyl sites for hydroxylation is 1. The van der Waals surface area contributed by atoms with Gasteiger partial charge in [0.05, 0.1) is 5.69 Å². The summed E-state index contributed by atoms with van der Waals surface area (Å²) in [6.45, 7) is 4.31. The van der Waals surface area contributed by atoms with Gasteiger partial charge < -0.3 is 10.6 Å². The van der Waals surface area contributed by atoms with Crippen molar-refractivity contribution in [2.45, 2.75) is 32.6 Å². The van der Waals surface area contributed by atoms with Gasteiger partial charge in [0.15, 0.2) is 5.69 Å². The molecule has 1 saturated heterocycles. The number of para-hydroxylation sites is 1. The fraction of sp³-hybridized carbons (Fsp3) is 0.474. The summed E-state index contributed by atoms with van der Waals surface area (Å²) in [5, 5.41) is 4.75. The smallest absolute Gasteiger partial charge is 0.274 e. The van der Waals surface area contributed by atoms with E-state index in [2.05, 4.69) is 19.1 Å². The largest absolute Gasteiger partial charge is 0.337 e. The number of hydrogen-bond acceptors (Lipinski definition) is 3. The minimum absolute atomic E-state index is 0.0800. The zero-order valence-electron chi connectivity index (χ0n) is 14.2. The number of rotatable bonds is 3. The van der Waals surface area contributed by atoms with Gasteiger partial charge >= 0.3 is 0 Å². The molecular formula is C19H24N4O. The third-order valence-electron chi connectivity index (χ3n) is 5.38.